The largest absolute Gasteiger partial charge is 0.481 e. The van der Waals surface area contributed by atoms with E-state index < -0.39 is 5.97 Å². The van der Waals surface area contributed by atoms with E-state index in [0.29, 0.717) is 19.3 Å². The Bertz CT molecular complexity index is 314. The second kappa shape index (κ2) is 3.56. The standard InChI is InChI=1S/C11H14O3/c12-10-3-1-2-7-4-5-8(11(13)14)6-9(7)10/h8H,1-6H2,(H,13,14). The van der Waals surface area contributed by atoms with E-state index >= 15 is 0 Å². The Kier molecular flexibility index (Phi) is 2.40. The van der Waals surface area contributed by atoms with Gasteiger partial charge in [-0.25, -0.2) is 0 Å². The highest BCUT2D eigenvalue weighted by Crippen LogP contribution is 2.36. The summed E-state index contributed by atoms with van der Waals surface area (Å²) >= 11 is 0. The molecule has 2 aliphatic rings. The highest BCUT2D eigenvalue weighted by atomic mass is 16.4. The number of carboxylic acid groups (broad SMARTS) is 1. The van der Waals surface area contributed by atoms with Crippen LogP contribution in [0.15, 0.2) is 11.1 Å². The van der Waals surface area contributed by atoms with Crippen molar-refractivity contribution in [2.45, 2.75) is 38.5 Å². The molecule has 0 saturated carbocycles. The molecule has 14 heavy (non-hydrogen) atoms. The maximum atomic E-state index is 11.5. The highest BCUT2D eigenvalue weighted by Gasteiger charge is 2.30. The summed E-state index contributed by atoms with van der Waals surface area (Å²) in [6.45, 7) is 0. The molecule has 2 aliphatic carbocycles. The van der Waals surface area contributed by atoms with Crippen molar-refractivity contribution in [3.05, 3.63) is 11.1 Å². The second-order valence-electron chi connectivity index (χ2n) is 4.14. The Hall–Kier alpha value is -1.12. The van der Waals surface area contributed by atoms with E-state index in [4.69, 9.17) is 5.11 Å². The number of hydrogen-bond donors (Lipinski definition) is 1. The first kappa shape index (κ1) is 9.44. The van der Waals surface area contributed by atoms with Gasteiger partial charge >= 0.3 is 5.97 Å². The molecular formula is C11H14O3. The van der Waals surface area contributed by atoms with Gasteiger partial charge in [-0.3, -0.25) is 9.59 Å². The van der Waals surface area contributed by atoms with Crippen molar-refractivity contribution in [1.29, 1.82) is 0 Å². The van der Waals surface area contributed by atoms with Crippen LogP contribution in [0.25, 0.3) is 0 Å². The molecule has 0 heterocycles. The summed E-state index contributed by atoms with van der Waals surface area (Å²) in [6, 6.07) is 0. The number of Topliss-reactive ketones (excluding diaryl/α,β-unsaturated/α-hetero) is 1. The summed E-state index contributed by atoms with van der Waals surface area (Å²) in [5.74, 6) is -0.886. The normalized spacial score (nSPS) is 27.4. The Morgan fingerprint density at radius 2 is 2.07 bits per heavy atom. The first-order valence-electron chi connectivity index (χ1n) is 5.15. The number of carbonyl (C=O) groups excluding carboxylic acids is 1. The summed E-state index contributed by atoms with van der Waals surface area (Å²) in [4.78, 5) is 22.3. The van der Waals surface area contributed by atoms with Crippen LogP contribution < -0.4 is 0 Å². The van der Waals surface area contributed by atoms with Gasteiger partial charge in [0.05, 0.1) is 5.92 Å². The van der Waals surface area contributed by atoms with Crippen molar-refractivity contribution in [1.82, 2.24) is 0 Å². The number of aliphatic carboxylic acids is 1. The molecule has 0 radical (unpaired) electrons. The molecule has 3 nitrogen and oxygen atoms in total. The fourth-order valence-corrected chi connectivity index (χ4v) is 2.40. The van der Waals surface area contributed by atoms with Crippen LogP contribution in [0.4, 0.5) is 0 Å². The van der Waals surface area contributed by atoms with Crippen LogP contribution in [0.1, 0.15) is 38.5 Å². The fraction of sp³-hybridized carbons (Fsp3) is 0.636. The lowest BCUT2D eigenvalue weighted by Gasteiger charge is -2.27. The number of allylic oxidation sites excluding steroid dienone is 2. The molecule has 0 aliphatic heterocycles. The van der Waals surface area contributed by atoms with Crippen LogP contribution in [0, 0.1) is 5.92 Å². The molecule has 0 amide bonds. The van der Waals surface area contributed by atoms with Crippen molar-refractivity contribution < 1.29 is 14.7 Å². The average Bonchev–Trinajstić information content (AvgIpc) is 2.18. The first-order valence-corrected chi connectivity index (χ1v) is 5.15. The smallest absolute Gasteiger partial charge is 0.306 e. The molecule has 3 heteroatoms. The third-order valence-electron chi connectivity index (χ3n) is 3.24. The number of ketones is 1. The third kappa shape index (κ3) is 1.59. The SMILES string of the molecule is O=C1CCCC2=C1CC(C(=O)O)CC2. The van der Waals surface area contributed by atoms with Crippen LogP contribution in [0.3, 0.4) is 0 Å². The van der Waals surface area contributed by atoms with Gasteiger partial charge in [0, 0.05) is 6.42 Å². The zero-order valence-corrected chi connectivity index (χ0v) is 8.08. The molecule has 0 fully saturated rings. The Morgan fingerprint density at radius 3 is 2.79 bits per heavy atom. The monoisotopic (exact) mass is 194 g/mol. The number of carboxylic acids is 1. The minimum atomic E-state index is -0.755. The summed E-state index contributed by atoms with van der Waals surface area (Å²) < 4.78 is 0. The molecule has 0 spiro atoms. The lowest BCUT2D eigenvalue weighted by Crippen LogP contribution is -2.24. The maximum Gasteiger partial charge on any atom is 0.306 e. The van der Waals surface area contributed by atoms with Gasteiger partial charge in [-0.2, -0.15) is 0 Å². The molecule has 0 aromatic rings. The molecule has 0 aromatic heterocycles. The molecule has 0 saturated heterocycles. The molecule has 1 atom stereocenters. The van der Waals surface area contributed by atoms with E-state index in [0.717, 1.165) is 24.8 Å². The lowest BCUT2D eigenvalue weighted by atomic mass is 9.77. The van der Waals surface area contributed by atoms with E-state index in [1.54, 1.807) is 0 Å². The fourth-order valence-electron chi connectivity index (χ4n) is 2.40. The van der Waals surface area contributed by atoms with Crippen molar-refractivity contribution in [2.24, 2.45) is 5.92 Å². The van der Waals surface area contributed by atoms with Gasteiger partial charge in [0.2, 0.25) is 0 Å². The summed E-state index contributed by atoms with van der Waals surface area (Å²) in [5, 5.41) is 8.88. The van der Waals surface area contributed by atoms with Gasteiger partial charge in [0.1, 0.15) is 0 Å². The van der Waals surface area contributed by atoms with Crippen molar-refractivity contribution >= 4 is 11.8 Å². The zero-order valence-electron chi connectivity index (χ0n) is 8.08. The predicted molar refractivity (Wildman–Crippen MR) is 50.9 cm³/mol. The topological polar surface area (TPSA) is 54.4 Å². The van der Waals surface area contributed by atoms with Crippen LogP contribution in [0.2, 0.25) is 0 Å². The van der Waals surface area contributed by atoms with E-state index in [2.05, 4.69) is 0 Å². The van der Waals surface area contributed by atoms with Gasteiger partial charge in [-0.15, -0.1) is 0 Å². The van der Waals surface area contributed by atoms with Crippen molar-refractivity contribution in [3.63, 3.8) is 0 Å². The Morgan fingerprint density at radius 1 is 1.29 bits per heavy atom. The zero-order chi connectivity index (χ0) is 10.1. The number of hydrogen-bond acceptors (Lipinski definition) is 2. The molecule has 2 rings (SSSR count). The van der Waals surface area contributed by atoms with Crippen LogP contribution in [-0.4, -0.2) is 16.9 Å². The Labute approximate surface area is 82.8 Å². The summed E-state index contributed by atoms with van der Waals surface area (Å²) in [5.41, 5.74) is 2.08. The molecule has 76 valence electrons. The summed E-state index contributed by atoms with van der Waals surface area (Å²) in [6.07, 6.45) is 4.58. The number of carbonyl (C=O) groups is 2. The Balaban J connectivity index is 2.20. The van der Waals surface area contributed by atoms with E-state index in [1.165, 1.54) is 5.57 Å². The average molecular weight is 194 g/mol. The van der Waals surface area contributed by atoms with E-state index in [-0.39, 0.29) is 11.7 Å². The molecule has 0 aromatic carbocycles. The van der Waals surface area contributed by atoms with Gasteiger partial charge in [-0.1, -0.05) is 5.57 Å². The first-order chi connectivity index (χ1) is 6.68. The van der Waals surface area contributed by atoms with E-state index in [9.17, 15) is 9.59 Å². The predicted octanol–water partition coefficient (Wildman–Crippen LogP) is 1.92. The quantitative estimate of drug-likeness (QED) is 0.693. The molecule has 1 N–H and O–H groups in total. The maximum absolute atomic E-state index is 11.5. The third-order valence-corrected chi connectivity index (χ3v) is 3.24. The van der Waals surface area contributed by atoms with Crippen molar-refractivity contribution in [3.8, 4) is 0 Å². The van der Waals surface area contributed by atoms with Gasteiger partial charge in [0.15, 0.2) is 5.78 Å². The van der Waals surface area contributed by atoms with Gasteiger partial charge < -0.3 is 5.11 Å². The molecule has 0 bridgehead atoms. The lowest BCUT2D eigenvalue weighted by molar-refractivity contribution is -0.142. The van der Waals surface area contributed by atoms with Crippen molar-refractivity contribution in [2.75, 3.05) is 0 Å². The van der Waals surface area contributed by atoms with Gasteiger partial charge in [-0.05, 0) is 37.7 Å². The van der Waals surface area contributed by atoms with Crippen LogP contribution >= 0.6 is 0 Å². The van der Waals surface area contributed by atoms with Gasteiger partial charge in [0.25, 0.3) is 0 Å². The van der Waals surface area contributed by atoms with E-state index in [1.807, 2.05) is 0 Å². The number of rotatable bonds is 1. The molecule has 1 unspecified atom stereocenters. The van der Waals surface area contributed by atoms with Crippen LogP contribution in [-0.2, 0) is 9.59 Å². The minimum absolute atomic E-state index is 0.192. The summed E-state index contributed by atoms with van der Waals surface area (Å²) in [7, 11) is 0. The molecular weight excluding hydrogens is 180 g/mol. The highest BCUT2D eigenvalue weighted by molar-refractivity contribution is 5.97. The second-order valence-corrected chi connectivity index (χ2v) is 4.14. The minimum Gasteiger partial charge on any atom is -0.481 e. The van der Waals surface area contributed by atoms with Crippen LogP contribution in [0.5, 0.6) is 0 Å².